The maximum absolute atomic E-state index is 12.0. The summed E-state index contributed by atoms with van der Waals surface area (Å²) < 4.78 is 35.9. The number of piperidine rings is 1. The number of hydrogen-bond donors (Lipinski definition) is 1. The number of alkyl halides is 3. The van der Waals surface area contributed by atoms with Gasteiger partial charge in [0, 0.05) is 12.6 Å². The number of benzene rings is 1. The summed E-state index contributed by atoms with van der Waals surface area (Å²) in [6.07, 6.45) is -1.65. The number of halogens is 3. The third-order valence-electron chi connectivity index (χ3n) is 3.63. The monoisotopic (exact) mass is 302 g/mol. The van der Waals surface area contributed by atoms with Gasteiger partial charge in [-0.25, -0.2) is 0 Å². The van der Waals surface area contributed by atoms with E-state index in [0.717, 1.165) is 38.9 Å². The molecule has 0 bridgehead atoms. The topological polar surface area (TPSA) is 24.5 Å². The Hall–Kier alpha value is -1.11. The van der Waals surface area contributed by atoms with Crippen molar-refractivity contribution in [1.82, 2.24) is 10.4 Å². The lowest BCUT2D eigenvalue weighted by Crippen LogP contribution is -2.43. The largest absolute Gasteiger partial charge is 0.413 e. The van der Waals surface area contributed by atoms with E-state index in [1.807, 2.05) is 18.2 Å². The van der Waals surface area contributed by atoms with Gasteiger partial charge in [-0.1, -0.05) is 30.3 Å². The fourth-order valence-electron chi connectivity index (χ4n) is 2.45. The van der Waals surface area contributed by atoms with Gasteiger partial charge in [-0.05, 0) is 37.9 Å². The Kier molecular flexibility index (Phi) is 6.02. The fourth-order valence-corrected chi connectivity index (χ4v) is 2.45. The second kappa shape index (κ2) is 7.77. The van der Waals surface area contributed by atoms with Crippen LogP contribution in [-0.4, -0.2) is 43.4 Å². The quantitative estimate of drug-likeness (QED) is 0.818. The molecule has 0 saturated carbocycles. The van der Waals surface area contributed by atoms with Gasteiger partial charge in [0.25, 0.3) is 0 Å². The van der Waals surface area contributed by atoms with Crippen LogP contribution in [0.3, 0.4) is 0 Å². The van der Waals surface area contributed by atoms with Gasteiger partial charge in [-0.2, -0.15) is 18.7 Å². The van der Waals surface area contributed by atoms with Gasteiger partial charge in [-0.15, -0.1) is 0 Å². The number of nitrogens with one attached hydrogen (secondary N) is 1. The zero-order valence-electron chi connectivity index (χ0n) is 11.9. The summed E-state index contributed by atoms with van der Waals surface area (Å²) in [6, 6.07) is 10.3. The molecule has 0 spiro atoms. The van der Waals surface area contributed by atoms with Crippen molar-refractivity contribution in [2.45, 2.75) is 31.5 Å². The van der Waals surface area contributed by atoms with Crippen LogP contribution in [0.15, 0.2) is 30.3 Å². The van der Waals surface area contributed by atoms with Gasteiger partial charge in [0.2, 0.25) is 0 Å². The smallest absolute Gasteiger partial charge is 0.303 e. The van der Waals surface area contributed by atoms with E-state index < -0.39 is 12.8 Å². The molecule has 2 rings (SSSR count). The van der Waals surface area contributed by atoms with Crippen LogP contribution >= 0.6 is 0 Å². The Labute approximate surface area is 123 Å². The second-order valence-electron chi connectivity index (χ2n) is 5.37. The van der Waals surface area contributed by atoms with Crippen molar-refractivity contribution in [3.05, 3.63) is 35.9 Å². The highest BCUT2D eigenvalue weighted by molar-refractivity contribution is 5.14. The van der Waals surface area contributed by atoms with E-state index in [1.165, 1.54) is 5.56 Å². The van der Waals surface area contributed by atoms with Crippen LogP contribution in [0.25, 0.3) is 0 Å². The number of hydroxylamine groups is 1. The summed E-state index contributed by atoms with van der Waals surface area (Å²) in [6.45, 7) is 1.53. The van der Waals surface area contributed by atoms with E-state index in [9.17, 15) is 13.2 Å². The maximum atomic E-state index is 12.0. The molecule has 1 aromatic rings. The molecule has 1 heterocycles. The summed E-state index contributed by atoms with van der Waals surface area (Å²) >= 11 is 0. The number of nitrogens with zero attached hydrogens (tertiary/aromatic N) is 1. The Morgan fingerprint density at radius 2 is 1.81 bits per heavy atom. The van der Waals surface area contributed by atoms with E-state index >= 15 is 0 Å². The molecule has 0 amide bonds. The molecule has 21 heavy (non-hydrogen) atoms. The van der Waals surface area contributed by atoms with Crippen molar-refractivity contribution in [2.24, 2.45) is 0 Å². The predicted molar refractivity (Wildman–Crippen MR) is 74.8 cm³/mol. The normalized spacial score (nSPS) is 18.0. The Balaban J connectivity index is 1.60. The molecule has 1 saturated heterocycles. The van der Waals surface area contributed by atoms with E-state index in [2.05, 4.69) is 27.4 Å². The molecule has 1 aliphatic rings. The molecule has 0 radical (unpaired) electrons. The molecule has 0 atom stereocenters. The van der Waals surface area contributed by atoms with Crippen LogP contribution in [0.4, 0.5) is 13.2 Å². The molecule has 1 fully saturated rings. The fraction of sp³-hybridized carbons (Fsp3) is 0.600. The Bertz CT molecular complexity index is 403. The SMILES string of the molecule is FC(F)(F)CONC1CCN(CCc2ccccc2)CC1. The molecule has 118 valence electrons. The van der Waals surface area contributed by atoms with Crippen LogP contribution in [-0.2, 0) is 11.3 Å². The van der Waals surface area contributed by atoms with Crippen LogP contribution in [0.2, 0.25) is 0 Å². The minimum absolute atomic E-state index is 0.0142. The molecular formula is C15H21F3N2O. The lowest BCUT2D eigenvalue weighted by atomic mass is 10.0. The van der Waals surface area contributed by atoms with Crippen molar-refractivity contribution in [3.63, 3.8) is 0 Å². The Morgan fingerprint density at radius 3 is 2.43 bits per heavy atom. The number of rotatable bonds is 6. The number of hydrogen-bond acceptors (Lipinski definition) is 3. The molecule has 1 N–H and O–H groups in total. The summed E-state index contributed by atoms with van der Waals surface area (Å²) in [5.41, 5.74) is 3.84. The Morgan fingerprint density at radius 1 is 1.14 bits per heavy atom. The van der Waals surface area contributed by atoms with Crippen molar-refractivity contribution >= 4 is 0 Å². The van der Waals surface area contributed by atoms with Crippen LogP contribution in [0.1, 0.15) is 18.4 Å². The van der Waals surface area contributed by atoms with Crippen molar-refractivity contribution in [1.29, 1.82) is 0 Å². The van der Waals surface area contributed by atoms with Gasteiger partial charge >= 0.3 is 6.18 Å². The lowest BCUT2D eigenvalue weighted by Gasteiger charge is -2.32. The summed E-state index contributed by atoms with van der Waals surface area (Å²) in [5, 5.41) is 0. The van der Waals surface area contributed by atoms with Gasteiger partial charge in [0.15, 0.2) is 6.61 Å². The van der Waals surface area contributed by atoms with Crippen LogP contribution in [0, 0.1) is 0 Å². The van der Waals surface area contributed by atoms with E-state index in [1.54, 1.807) is 0 Å². The first-order valence-corrected chi connectivity index (χ1v) is 7.23. The molecule has 0 aliphatic carbocycles. The zero-order chi connectivity index (χ0) is 15.1. The standard InChI is InChI=1S/C15H21F3N2O/c16-15(17,18)12-21-19-14-7-10-20(11-8-14)9-6-13-4-2-1-3-5-13/h1-5,14,19H,6-12H2. The summed E-state index contributed by atoms with van der Waals surface area (Å²) in [7, 11) is 0. The van der Waals surface area contributed by atoms with Crippen LogP contribution in [0.5, 0.6) is 0 Å². The highest BCUT2D eigenvalue weighted by Gasteiger charge is 2.28. The predicted octanol–water partition coefficient (Wildman–Crippen LogP) is 2.78. The molecule has 3 nitrogen and oxygen atoms in total. The van der Waals surface area contributed by atoms with Gasteiger partial charge < -0.3 is 4.90 Å². The minimum Gasteiger partial charge on any atom is -0.303 e. The molecule has 0 aromatic heterocycles. The summed E-state index contributed by atoms with van der Waals surface area (Å²) in [5.74, 6) is 0. The second-order valence-corrected chi connectivity index (χ2v) is 5.37. The van der Waals surface area contributed by atoms with Gasteiger partial charge in [-0.3, -0.25) is 4.84 Å². The third-order valence-corrected chi connectivity index (χ3v) is 3.63. The summed E-state index contributed by atoms with van der Waals surface area (Å²) in [4.78, 5) is 6.85. The molecule has 1 aromatic carbocycles. The molecule has 0 unspecified atom stereocenters. The van der Waals surface area contributed by atoms with E-state index in [-0.39, 0.29) is 6.04 Å². The van der Waals surface area contributed by atoms with Crippen molar-refractivity contribution in [2.75, 3.05) is 26.2 Å². The highest BCUT2D eigenvalue weighted by Crippen LogP contribution is 2.15. The zero-order valence-corrected chi connectivity index (χ0v) is 11.9. The maximum Gasteiger partial charge on any atom is 0.413 e. The first-order chi connectivity index (χ1) is 10.0. The van der Waals surface area contributed by atoms with Crippen molar-refractivity contribution < 1.29 is 18.0 Å². The van der Waals surface area contributed by atoms with Gasteiger partial charge in [0.05, 0.1) is 0 Å². The number of likely N-dealkylation sites (tertiary alicyclic amines) is 1. The average molecular weight is 302 g/mol. The highest BCUT2D eigenvalue weighted by atomic mass is 19.4. The minimum atomic E-state index is -4.27. The van der Waals surface area contributed by atoms with E-state index in [4.69, 9.17) is 0 Å². The first kappa shape index (κ1) is 16.3. The molecule has 6 heteroatoms. The van der Waals surface area contributed by atoms with Crippen LogP contribution < -0.4 is 5.48 Å². The molecule has 1 aliphatic heterocycles. The van der Waals surface area contributed by atoms with Gasteiger partial charge in [0.1, 0.15) is 0 Å². The third kappa shape index (κ3) is 6.46. The lowest BCUT2D eigenvalue weighted by molar-refractivity contribution is -0.194. The molecular weight excluding hydrogens is 281 g/mol. The van der Waals surface area contributed by atoms with E-state index in [0.29, 0.717) is 0 Å². The first-order valence-electron chi connectivity index (χ1n) is 7.23. The average Bonchev–Trinajstić information content (AvgIpc) is 2.46. The van der Waals surface area contributed by atoms with Crippen molar-refractivity contribution in [3.8, 4) is 0 Å².